The molecule has 2 heterocycles. The predicted molar refractivity (Wildman–Crippen MR) is 127 cm³/mol. The van der Waals surface area contributed by atoms with Crippen LogP contribution in [0.5, 0.6) is 11.5 Å². The molecule has 6 nitrogen and oxygen atoms in total. The molecule has 1 aliphatic carbocycles. The molecule has 6 heteroatoms. The van der Waals surface area contributed by atoms with Crippen molar-refractivity contribution in [2.24, 2.45) is 11.8 Å². The SMILES string of the molecule is COC1O[C@@H](c2ccc(C3CC3)c(Cc3ccc4c(c3)OCCO4)c2)[C@H](C)[C@@H](OC(C)=O)[C@@H]1C. The van der Waals surface area contributed by atoms with Crippen LogP contribution in [-0.4, -0.2) is 38.7 Å². The highest BCUT2D eigenvalue weighted by atomic mass is 16.7. The van der Waals surface area contributed by atoms with E-state index in [4.69, 9.17) is 23.7 Å². The highest BCUT2D eigenvalue weighted by Gasteiger charge is 2.44. The van der Waals surface area contributed by atoms with Crippen molar-refractivity contribution in [3.8, 4) is 11.5 Å². The Morgan fingerprint density at radius 2 is 1.76 bits per heavy atom. The zero-order chi connectivity index (χ0) is 23.8. The Kier molecular flexibility index (Phi) is 6.54. The highest BCUT2D eigenvalue weighted by Crippen LogP contribution is 2.45. The molecule has 5 atom stereocenters. The summed E-state index contributed by atoms with van der Waals surface area (Å²) in [6, 6.07) is 12.9. The Labute approximate surface area is 201 Å². The van der Waals surface area contributed by atoms with Gasteiger partial charge in [0.05, 0.1) is 6.10 Å². The van der Waals surface area contributed by atoms with Crippen LogP contribution in [0.2, 0.25) is 0 Å². The fourth-order valence-corrected chi connectivity index (χ4v) is 5.42. The maximum absolute atomic E-state index is 11.8. The van der Waals surface area contributed by atoms with Gasteiger partial charge in [0.15, 0.2) is 17.8 Å². The molecule has 2 aliphatic heterocycles. The van der Waals surface area contributed by atoms with Crippen LogP contribution in [0.1, 0.15) is 67.9 Å². The van der Waals surface area contributed by atoms with Gasteiger partial charge in [-0.3, -0.25) is 4.79 Å². The van der Waals surface area contributed by atoms with E-state index in [1.807, 2.05) is 13.0 Å². The Balaban J connectivity index is 1.45. The van der Waals surface area contributed by atoms with Gasteiger partial charge in [0, 0.05) is 25.9 Å². The van der Waals surface area contributed by atoms with Gasteiger partial charge < -0.3 is 23.7 Å². The zero-order valence-electron chi connectivity index (χ0n) is 20.4. The van der Waals surface area contributed by atoms with Gasteiger partial charge in [0.1, 0.15) is 19.3 Å². The molecule has 0 spiro atoms. The number of hydrogen-bond acceptors (Lipinski definition) is 6. The van der Waals surface area contributed by atoms with E-state index in [1.54, 1.807) is 7.11 Å². The van der Waals surface area contributed by atoms with Gasteiger partial charge in [-0.2, -0.15) is 0 Å². The second kappa shape index (κ2) is 9.59. The van der Waals surface area contributed by atoms with Crippen LogP contribution in [0, 0.1) is 11.8 Å². The second-order valence-corrected chi connectivity index (χ2v) is 9.84. The molecule has 0 bridgehead atoms. The normalized spacial score (nSPS) is 28.4. The Morgan fingerprint density at radius 3 is 2.47 bits per heavy atom. The Morgan fingerprint density at radius 1 is 1.00 bits per heavy atom. The van der Waals surface area contributed by atoms with E-state index >= 15 is 0 Å². The van der Waals surface area contributed by atoms with E-state index in [9.17, 15) is 4.79 Å². The highest BCUT2D eigenvalue weighted by molar-refractivity contribution is 5.66. The summed E-state index contributed by atoms with van der Waals surface area (Å²) < 4.78 is 29.2. The molecule has 2 aromatic carbocycles. The van der Waals surface area contributed by atoms with Gasteiger partial charge in [0.25, 0.3) is 0 Å². The van der Waals surface area contributed by atoms with Crippen LogP contribution in [0.25, 0.3) is 0 Å². The average molecular weight is 467 g/mol. The Hall–Kier alpha value is -2.57. The maximum Gasteiger partial charge on any atom is 0.302 e. The lowest BCUT2D eigenvalue weighted by molar-refractivity contribution is -0.259. The van der Waals surface area contributed by atoms with Gasteiger partial charge in [-0.05, 0) is 59.6 Å². The third-order valence-electron chi connectivity index (χ3n) is 7.27. The molecule has 1 saturated carbocycles. The molecule has 2 fully saturated rings. The number of ether oxygens (including phenoxy) is 5. The maximum atomic E-state index is 11.8. The van der Waals surface area contributed by atoms with Gasteiger partial charge in [-0.1, -0.05) is 38.1 Å². The quantitative estimate of drug-likeness (QED) is 0.547. The Bertz CT molecular complexity index is 1050. The van der Waals surface area contributed by atoms with Crippen molar-refractivity contribution < 1.29 is 28.5 Å². The number of fused-ring (bicyclic) bond motifs is 1. The molecule has 34 heavy (non-hydrogen) atoms. The summed E-state index contributed by atoms with van der Waals surface area (Å²) in [7, 11) is 1.64. The van der Waals surface area contributed by atoms with Crippen LogP contribution < -0.4 is 9.47 Å². The van der Waals surface area contributed by atoms with E-state index in [0.29, 0.717) is 19.1 Å². The van der Waals surface area contributed by atoms with Crippen molar-refractivity contribution in [1.29, 1.82) is 0 Å². The van der Waals surface area contributed by atoms with Gasteiger partial charge in [-0.15, -0.1) is 0 Å². The summed E-state index contributed by atoms with van der Waals surface area (Å²) in [4.78, 5) is 11.8. The largest absolute Gasteiger partial charge is 0.486 e. The van der Waals surface area contributed by atoms with Gasteiger partial charge in [-0.25, -0.2) is 0 Å². The van der Waals surface area contributed by atoms with Crippen molar-refractivity contribution in [1.82, 2.24) is 0 Å². The lowest BCUT2D eigenvalue weighted by Crippen LogP contribution is -2.47. The van der Waals surface area contributed by atoms with E-state index in [2.05, 4.69) is 37.3 Å². The molecule has 0 amide bonds. The molecule has 2 aromatic rings. The van der Waals surface area contributed by atoms with Crippen LogP contribution in [0.4, 0.5) is 0 Å². The summed E-state index contributed by atoms with van der Waals surface area (Å²) in [5.74, 6) is 1.93. The molecule has 0 radical (unpaired) electrons. The smallest absolute Gasteiger partial charge is 0.302 e. The van der Waals surface area contributed by atoms with Crippen LogP contribution in [0.3, 0.4) is 0 Å². The minimum Gasteiger partial charge on any atom is -0.486 e. The summed E-state index contributed by atoms with van der Waals surface area (Å²) in [5.41, 5.74) is 5.01. The monoisotopic (exact) mass is 466 g/mol. The molecule has 182 valence electrons. The summed E-state index contributed by atoms with van der Waals surface area (Å²) in [5, 5.41) is 0. The summed E-state index contributed by atoms with van der Waals surface area (Å²) in [6.07, 6.45) is 2.36. The number of hydrogen-bond donors (Lipinski definition) is 0. The number of methoxy groups -OCH3 is 1. The first-order chi connectivity index (χ1) is 16.4. The minimum absolute atomic E-state index is 0.000724. The molecular formula is C28H34O6. The fourth-order valence-electron chi connectivity index (χ4n) is 5.42. The van der Waals surface area contributed by atoms with Crippen molar-refractivity contribution in [3.05, 3.63) is 58.7 Å². The molecule has 1 saturated heterocycles. The van der Waals surface area contributed by atoms with Crippen molar-refractivity contribution in [2.75, 3.05) is 20.3 Å². The van der Waals surface area contributed by atoms with Crippen LogP contribution >= 0.6 is 0 Å². The minimum atomic E-state index is -0.435. The molecule has 0 aromatic heterocycles. The molecule has 0 N–H and O–H groups in total. The standard InChI is InChI=1S/C28H34O6/c1-16-26(33-18(3)29)17(2)28(30-4)34-27(16)21-8-9-23(20-6-7-20)22(15-21)13-19-5-10-24-25(14-19)32-12-11-31-24/h5,8-10,14-17,20,26-28H,6-7,11-13H2,1-4H3/t16-,17+,26-,27-,28?/m1/s1. The third-order valence-corrected chi connectivity index (χ3v) is 7.27. The molecule has 5 rings (SSSR count). The van der Waals surface area contributed by atoms with Crippen molar-refractivity contribution >= 4 is 5.97 Å². The number of benzene rings is 2. The van der Waals surface area contributed by atoms with E-state index in [0.717, 1.165) is 23.5 Å². The van der Waals surface area contributed by atoms with E-state index in [1.165, 1.54) is 36.5 Å². The first-order valence-electron chi connectivity index (χ1n) is 12.3. The lowest BCUT2D eigenvalue weighted by Gasteiger charge is -2.43. The van der Waals surface area contributed by atoms with Gasteiger partial charge in [0.2, 0.25) is 0 Å². The van der Waals surface area contributed by atoms with E-state index < -0.39 is 6.29 Å². The fraction of sp³-hybridized carbons (Fsp3) is 0.536. The first kappa shape index (κ1) is 23.2. The lowest BCUT2D eigenvalue weighted by atomic mass is 9.81. The van der Waals surface area contributed by atoms with Crippen molar-refractivity contribution in [2.45, 2.75) is 64.4 Å². The van der Waals surface area contributed by atoms with Crippen molar-refractivity contribution in [3.63, 3.8) is 0 Å². The third kappa shape index (κ3) is 4.66. The molecule has 1 unspecified atom stereocenters. The number of carbonyl (C=O) groups excluding carboxylic acids is 1. The van der Waals surface area contributed by atoms with Gasteiger partial charge >= 0.3 is 5.97 Å². The summed E-state index contributed by atoms with van der Waals surface area (Å²) >= 11 is 0. The number of esters is 1. The first-order valence-corrected chi connectivity index (χ1v) is 12.3. The number of carbonyl (C=O) groups is 1. The number of rotatable bonds is 6. The second-order valence-electron chi connectivity index (χ2n) is 9.84. The van der Waals surface area contributed by atoms with Crippen LogP contribution in [-0.2, 0) is 25.4 Å². The topological polar surface area (TPSA) is 63.2 Å². The predicted octanol–water partition coefficient (Wildman–Crippen LogP) is 5.17. The van der Waals surface area contributed by atoms with E-state index in [-0.39, 0.29) is 30.0 Å². The van der Waals surface area contributed by atoms with Crippen LogP contribution in [0.15, 0.2) is 36.4 Å². The molecular weight excluding hydrogens is 432 g/mol. The summed E-state index contributed by atoms with van der Waals surface area (Å²) in [6.45, 7) is 6.74. The molecule has 3 aliphatic rings. The average Bonchev–Trinajstić information content (AvgIpc) is 3.67. The zero-order valence-corrected chi connectivity index (χ0v) is 20.4.